The van der Waals surface area contributed by atoms with Crippen LogP contribution < -0.4 is 0 Å². The van der Waals surface area contributed by atoms with Crippen molar-refractivity contribution in [1.29, 1.82) is 0 Å². The third-order valence-electron chi connectivity index (χ3n) is 3.58. The maximum Gasteiger partial charge on any atom is 0.295 e. The van der Waals surface area contributed by atoms with Gasteiger partial charge in [-0.3, -0.25) is 10.1 Å². The Balaban J connectivity index is 2.41. The number of pyridine rings is 1. The van der Waals surface area contributed by atoms with Crippen LogP contribution in [0.1, 0.15) is 12.5 Å². The molecule has 4 heteroatoms. The van der Waals surface area contributed by atoms with Gasteiger partial charge in [0.1, 0.15) is 6.20 Å². The highest BCUT2D eigenvalue weighted by Gasteiger charge is 2.19. The summed E-state index contributed by atoms with van der Waals surface area (Å²) >= 11 is 0. The summed E-state index contributed by atoms with van der Waals surface area (Å²) in [6.45, 7) is 2.06. The van der Waals surface area contributed by atoms with Crippen LogP contribution in [0.25, 0.3) is 22.0 Å². The Labute approximate surface area is 122 Å². The SMILES string of the molecule is CCc1ccc2ncc([N+](=O)[O-])c(-c3ccccc3)c2c1. The van der Waals surface area contributed by atoms with Gasteiger partial charge in [0.2, 0.25) is 0 Å². The first-order chi connectivity index (χ1) is 10.2. The summed E-state index contributed by atoms with van der Waals surface area (Å²) < 4.78 is 0. The smallest absolute Gasteiger partial charge is 0.258 e. The fourth-order valence-corrected chi connectivity index (χ4v) is 2.50. The number of aryl methyl sites for hydroxylation is 1. The van der Waals surface area contributed by atoms with E-state index in [0.717, 1.165) is 28.5 Å². The molecule has 0 unspecified atom stereocenters. The lowest BCUT2D eigenvalue weighted by atomic mass is 9.98. The molecule has 2 aromatic carbocycles. The lowest BCUT2D eigenvalue weighted by Gasteiger charge is -2.08. The zero-order valence-corrected chi connectivity index (χ0v) is 11.6. The van der Waals surface area contributed by atoms with Gasteiger partial charge in [-0.05, 0) is 29.7 Å². The van der Waals surface area contributed by atoms with Crippen molar-refractivity contribution in [2.45, 2.75) is 13.3 Å². The molecule has 0 atom stereocenters. The molecule has 0 amide bonds. The highest BCUT2D eigenvalue weighted by molar-refractivity contribution is 5.99. The maximum absolute atomic E-state index is 11.4. The number of hydrogen-bond acceptors (Lipinski definition) is 3. The van der Waals surface area contributed by atoms with Crippen molar-refractivity contribution in [3.63, 3.8) is 0 Å². The van der Waals surface area contributed by atoms with Crippen molar-refractivity contribution < 1.29 is 4.92 Å². The molecule has 3 rings (SSSR count). The molecule has 0 aliphatic carbocycles. The van der Waals surface area contributed by atoms with Gasteiger partial charge in [0.25, 0.3) is 5.69 Å². The fourth-order valence-electron chi connectivity index (χ4n) is 2.50. The predicted molar refractivity (Wildman–Crippen MR) is 83.2 cm³/mol. The molecule has 0 saturated carbocycles. The van der Waals surface area contributed by atoms with Gasteiger partial charge < -0.3 is 0 Å². The number of nitro groups is 1. The summed E-state index contributed by atoms with van der Waals surface area (Å²) in [5, 5.41) is 12.2. The second kappa shape index (κ2) is 5.32. The molecular weight excluding hydrogens is 264 g/mol. The molecule has 0 radical (unpaired) electrons. The number of fused-ring (bicyclic) bond motifs is 1. The molecule has 3 aromatic rings. The van der Waals surface area contributed by atoms with Gasteiger partial charge >= 0.3 is 0 Å². The van der Waals surface area contributed by atoms with E-state index in [-0.39, 0.29) is 10.6 Å². The van der Waals surface area contributed by atoms with Crippen molar-refractivity contribution in [3.8, 4) is 11.1 Å². The minimum absolute atomic E-state index is 0.0435. The summed E-state index contributed by atoms with van der Waals surface area (Å²) in [6.07, 6.45) is 2.23. The van der Waals surface area contributed by atoms with E-state index in [4.69, 9.17) is 0 Å². The van der Waals surface area contributed by atoms with E-state index in [9.17, 15) is 10.1 Å². The van der Waals surface area contributed by atoms with E-state index >= 15 is 0 Å². The van der Waals surface area contributed by atoms with E-state index in [0.29, 0.717) is 5.56 Å². The molecule has 1 heterocycles. The van der Waals surface area contributed by atoms with Gasteiger partial charge in [0.15, 0.2) is 0 Å². The number of benzene rings is 2. The summed E-state index contributed by atoms with van der Waals surface area (Å²) in [7, 11) is 0. The summed E-state index contributed by atoms with van der Waals surface area (Å²) in [6, 6.07) is 15.4. The summed E-state index contributed by atoms with van der Waals surface area (Å²) in [5.41, 5.74) is 3.44. The molecule has 4 nitrogen and oxygen atoms in total. The lowest BCUT2D eigenvalue weighted by Crippen LogP contribution is -1.96. The van der Waals surface area contributed by atoms with E-state index in [1.807, 2.05) is 48.5 Å². The number of rotatable bonds is 3. The Morgan fingerprint density at radius 2 is 1.90 bits per heavy atom. The fraction of sp³-hybridized carbons (Fsp3) is 0.118. The third-order valence-corrected chi connectivity index (χ3v) is 3.58. The van der Waals surface area contributed by atoms with Crippen molar-refractivity contribution in [1.82, 2.24) is 4.98 Å². The summed E-state index contributed by atoms with van der Waals surface area (Å²) in [4.78, 5) is 15.2. The van der Waals surface area contributed by atoms with Crippen molar-refractivity contribution in [2.75, 3.05) is 0 Å². The summed E-state index contributed by atoms with van der Waals surface area (Å²) in [5.74, 6) is 0. The average molecular weight is 278 g/mol. The Bertz CT molecular complexity index is 814. The monoisotopic (exact) mass is 278 g/mol. The molecule has 104 valence electrons. The van der Waals surface area contributed by atoms with Gasteiger partial charge in [-0.25, -0.2) is 4.98 Å². The Kier molecular flexibility index (Phi) is 3.36. The van der Waals surface area contributed by atoms with Crippen molar-refractivity contribution >= 4 is 16.6 Å². The van der Waals surface area contributed by atoms with Crippen molar-refractivity contribution in [3.05, 3.63) is 70.4 Å². The molecule has 1 aromatic heterocycles. The standard InChI is InChI=1S/C17H14N2O2/c1-2-12-8-9-15-14(10-12)17(13-6-4-3-5-7-13)16(11-18-15)19(20)21/h3-11H,2H2,1H3. The van der Waals surface area contributed by atoms with Crippen LogP contribution in [0.2, 0.25) is 0 Å². The highest BCUT2D eigenvalue weighted by atomic mass is 16.6. The molecule has 0 aliphatic heterocycles. The second-order valence-electron chi connectivity index (χ2n) is 4.85. The normalized spacial score (nSPS) is 10.7. The van der Waals surface area contributed by atoms with Gasteiger partial charge in [-0.15, -0.1) is 0 Å². The minimum Gasteiger partial charge on any atom is -0.258 e. The molecule has 0 bridgehead atoms. The van der Waals surface area contributed by atoms with Crippen LogP contribution in [0.4, 0.5) is 5.69 Å². The van der Waals surface area contributed by atoms with E-state index in [1.165, 1.54) is 6.20 Å². The first-order valence-corrected chi connectivity index (χ1v) is 6.82. The highest BCUT2D eigenvalue weighted by Crippen LogP contribution is 2.35. The molecule has 21 heavy (non-hydrogen) atoms. The van der Waals surface area contributed by atoms with Crippen LogP contribution in [0.5, 0.6) is 0 Å². The maximum atomic E-state index is 11.4. The number of hydrogen-bond donors (Lipinski definition) is 0. The van der Waals surface area contributed by atoms with Gasteiger partial charge in [0.05, 0.1) is 16.0 Å². The largest absolute Gasteiger partial charge is 0.295 e. The number of nitrogens with zero attached hydrogens (tertiary/aromatic N) is 2. The van der Waals surface area contributed by atoms with E-state index < -0.39 is 0 Å². The van der Waals surface area contributed by atoms with Crippen LogP contribution in [0.15, 0.2) is 54.7 Å². The number of aromatic nitrogens is 1. The Morgan fingerprint density at radius 3 is 2.57 bits per heavy atom. The first kappa shape index (κ1) is 13.2. The molecular formula is C17H14N2O2. The first-order valence-electron chi connectivity index (χ1n) is 6.82. The van der Waals surface area contributed by atoms with Crippen LogP contribution >= 0.6 is 0 Å². The lowest BCUT2D eigenvalue weighted by molar-refractivity contribution is -0.384. The Hall–Kier alpha value is -2.75. The van der Waals surface area contributed by atoms with E-state index in [1.54, 1.807) is 0 Å². The van der Waals surface area contributed by atoms with Gasteiger partial charge in [-0.2, -0.15) is 0 Å². The zero-order valence-electron chi connectivity index (χ0n) is 11.6. The van der Waals surface area contributed by atoms with Crippen molar-refractivity contribution in [2.24, 2.45) is 0 Å². The molecule has 0 aliphatic rings. The quantitative estimate of drug-likeness (QED) is 0.528. The molecule has 0 fully saturated rings. The van der Waals surface area contributed by atoms with Gasteiger partial charge in [0, 0.05) is 5.39 Å². The third kappa shape index (κ3) is 2.36. The topological polar surface area (TPSA) is 56.0 Å². The zero-order chi connectivity index (χ0) is 14.8. The van der Waals surface area contributed by atoms with Crippen LogP contribution in [-0.2, 0) is 6.42 Å². The van der Waals surface area contributed by atoms with Crippen LogP contribution in [-0.4, -0.2) is 9.91 Å². The van der Waals surface area contributed by atoms with Crippen LogP contribution in [0.3, 0.4) is 0 Å². The second-order valence-corrected chi connectivity index (χ2v) is 4.85. The average Bonchev–Trinajstić information content (AvgIpc) is 2.53. The molecule has 0 N–H and O–H groups in total. The van der Waals surface area contributed by atoms with Gasteiger partial charge in [-0.1, -0.05) is 43.3 Å². The minimum atomic E-state index is -0.368. The predicted octanol–water partition coefficient (Wildman–Crippen LogP) is 4.37. The Morgan fingerprint density at radius 1 is 1.14 bits per heavy atom. The van der Waals surface area contributed by atoms with E-state index in [2.05, 4.69) is 11.9 Å². The van der Waals surface area contributed by atoms with Crippen LogP contribution in [0, 0.1) is 10.1 Å². The molecule has 0 spiro atoms. The molecule has 0 saturated heterocycles.